The third-order valence-corrected chi connectivity index (χ3v) is 20.9. The summed E-state index contributed by atoms with van der Waals surface area (Å²) in [6, 6.07) is 124. The second-order valence-corrected chi connectivity index (χ2v) is 27.2. The summed E-state index contributed by atoms with van der Waals surface area (Å²) >= 11 is 0. The van der Waals surface area contributed by atoms with Crippen molar-refractivity contribution < 1.29 is 18.9 Å². The van der Waals surface area contributed by atoms with Crippen LogP contribution in [0, 0.1) is 13.8 Å². The molecule has 17 aromatic rings. The third-order valence-electron chi connectivity index (χ3n) is 20.9. The van der Waals surface area contributed by atoms with Crippen LogP contribution in [0.4, 0.5) is 51.2 Å². The van der Waals surface area contributed by atoms with Gasteiger partial charge in [-0.25, -0.2) is 0 Å². The largest absolute Gasteiger partial charge is 0.458 e. The molecule has 0 bridgehead atoms. The second-order valence-electron chi connectivity index (χ2n) is 27.2. The molecule has 1 aromatic heterocycles. The highest BCUT2D eigenvalue weighted by Gasteiger charge is 2.44. The van der Waals surface area contributed by atoms with E-state index in [2.05, 4.69) is 373 Å². The summed E-state index contributed by atoms with van der Waals surface area (Å²) in [5.74, 6) is 6.73. The summed E-state index contributed by atoms with van der Waals surface area (Å²) in [5, 5.41) is 7.03. The lowest BCUT2D eigenvalue weighted by Gasteiger charge is -2.36. The molecule has 0 fully saturated rings. The molecule has 0 amide bonds. The number of fused-ring (bicyclic) bond motifs is 15. The van der Waals surface area contributed by atoms with Gasteiger partial charge in [-0.2, -0.15) is 0 Å². The summed E-state index contributed by atoms with van der Waals surface area (Å²) in [4.78, 5) is 6.97. The van der Waals surface area contributed by atoms with E-state index in [1.54, 1.807) is 0 Å². The standard InChI is InChI=1S/C48H35BN2O2.C46H29BN2O2/c1-32-14-11-20-36(28-32)50(37-21-12-15-33(2)29-37)38-26-27-41-45(30-38)52-43-24-13-25-44-48(43)49(41)47-40-23-10-9-22-39(40)42(31-46(47)53-44)51(34-16-5-3-6-17-34)35-18-7-4-8-19-35;1-4-15-30(16-5-1)48(31-17-6-2-7-18-31)39-29-44-45(35-23-11-10-21-33(35)39)47-37-27-36-34-22-12-13-24-38(34)49(32-19-8-3-9-20-32)40(36)28-43(37)50-41-25-14-26-42(51-44)46(41)47/h3-31H,1-2H3;1-29H. The zero-order valence-corrected chi connectivity index (χ0v) is 57.1. The number of hydrogen-bond donors (Lipinski definition) is 0. The normalized spacial score (nSPS) is 12.4. The van der Waals surface area contributed by atoms with Crippen molar-refractivity contribution >= 4 is 141 Å². The number of ether oxygens (including phenoxy) is 4. The minimum atomic E-state index is -0.0900. The van der Waals surface area contributed by atoms with E-state index in [1.807, 2.05) is 12.1 Å². The van der Waals surface area contributed by atoms with Gasteiger partial charge in [-0.15, -0.1) is 0 Å². The first-order valence-electron chi connectivity index (χ1n) is 35.5. The lowest BCUT2D eigenvalue weighted by molar-refractivity contribution is 0.464. The smallest absolute Gasteiger partial charge is 0.261 e. The average molecular weight is 1340 g/mol. The van der Waals surface area contributed by atoms with Crippen LogP contribution in [0.3, 0.4) is 0 Å². The van der Waals surface area contributed by atoms with Crippen LogP contribution in [-0.4, -0.2) is 18.0 Å². The number of rotatable bonds is 10. The quantitative estimate of drug-likeness (QED) is 0.126. The fourth-order valence-electron chi connectivity index (χ4n) is 16.5. The molecule has 0 N–H and O–H groups in total. The summed E-state index contributed by atoms with van der Waals surface area (Å²) in [6.45, 7) is 4.10. The Morgan fingerprint density at radius 1 is 0.231 bits per heavy atom. The van der Waals surface area contributed by atoms with Gasteiger partial charge < -0.3 is 38.2 Å². The molecule has 0 spiro atoms. The van der Waals surface area contributed by atoms with Gasteiger partial charge in [0.15, 0.2) is 0 Å². The molecule has 0 aliphatic carbocycles. The SMILES string of the molecule is Cc1cccc(N(c2cccc(C)c2)c2ccc3c(c2)Oc2cccc4c2B3c2c(cc(N(c3ccccc3)c3ccccc3)c3ccccc23)O4)c1.c1ccc(N(c2ccccc2)c2cc3c(c4ccccc24)B2c4cc5c6ccccc6n(-c6ccccc6)c5cc4Oc4cccc(c42)O3)cc1. The zero-order chi connectivity index (χ0) is 68.9. The molecule has 5 heterocycles. The molecule has 8 nitrogen and oxygen atoms in total. The number of benzene rings is 16. The van der Waals surface area contributed by atoms with Crippen LogP contribution in [0.1, 0.15) is 11.1 Å². The predicted molar refractivity (Wildman–Crippen MR) is 431 cm³/mol. The summed E-state index contributed by atoms with van der Waals surface area (Å²) < 4.78 is 29.8. The van der Waals surface area contributed by atoms with Crippen molar-refractivity contribution in [3.63, 3.8) is 0 Å². The molecule has 0 saturated carbocycles. The average Bonchev–Trinajstić information content (AvgIpc) is 1.03. The maximum atomic E-state index is 6.92. The molecule has 21 rings (SSSR count). The fraction of sp³-hybridized carbons (Fsp3) is 0.0213. The van der Waals surface area contributed by atoms with Gasteiger partial charge in [0.05, 0.1) is 22.4 Å². The Balaban J connectivity index is 0.000000139. The van der Waals surface area contributed by atoms with Crippen molar-refractivity contribution in [3.05, 3.63) is 363 Å². The highest BCUT2D eigenvalue weighted by Crippen LogP contribution is 2.48. The molecular formula is C94H64B2N4O4. The van der Waals surface area contributed by atoms with Crippen LogP contribution in [0.5, 0.6) is 46.0 Å². The van der Waals surface area contributed by atoms with Crippen LogP contribution < -0.4 is 66.4 Å². The van der Waals surface area contributed by atoms with Gasteiger partial charge in [-0.1, -0.05) is 206 Å². The van der Waals surface area contributed by atoms with E-state index >= 15 is 0 Å². The summed E-state index contributed by atoms with van der Waals surface area (Å²) in [6.07, 6.45) is 0. The van der Waals surface area contributed by atoms with Gasteiger partial charge >= 0.3 is 0 Å². The Bertz CT molecular complexity index is 6130. The molecule has 4 aliphatic heterocycles. The summed E-state index contributed by atoms with van der Waals surface area (Å²) in [7, 11) is 0. The third kappa shape index (κ3) is 10.0. The first-order valence-corrected chi connectivity index (χ1v) is 35.5. The van der Waals surface area contributed by atoms with E-state index in [0.717, 1.165) is 163 Å². The molecule has 104 heavy (non-hydrogen) atoms. The van der Waals surface area contributed by atoms with Gasteiger partial charge in [0.1, 0.15) is 46.0 Å². The maximum absolute atomic E-state index is 6.92. The minimum Gasteiger partial charge on any atom is -0.458 e. The number of aromatic nitrogens is 1. The van der Waals surface area contributed by atoms with Crippen molar-refractivity contribution in [1.29, 1.82) is 0 Å². The number of hydrogen-bond acceptors (Lipinski definition) is 7. The maximum Gasteiger partial charge on any atom is 0.261 e. The molecule has 0 saturated heterocycles. The van der Waals surface area contributed by atoms with Crippen molar-refractivity contribution in [2.24, 2.45) is 0 Å². The van der Waals surface area contributed by atoms with Crippen LogP contribution in [0.25, 0.3) is 49.0 Å². The fourth-order valence-corrected chi connectivity index (χ4v) is 16.5. The summed E-state index contributed by atoms with van der Waals surface area (Å²) in [5.41, 5.74) is 22.2. The van der Waals surface area contributed by atoms with Gasteiger partial charge in [0.2, 0.25) is 0 Å². The van der Waals surface area contributed by atoms with Gasteiger partial charge in [-0.3, -0.25) is 0 Å². The first-order chi connectivity index (χ1) is 51.4. The van der Waals surface area contributed by atoms with E-state index < -0.39 is 0 Å². The molecule has 4 aliphatic rings. The van der Waals surface area contributed by atoms with Crippen molar-refractivity contribution in [3.8, 4) is 51.7 Å². The lowest BCUT2D eigenvalue weighted by Crippen LogP contribution is -2.57. The topological polar surface area (TPSA) is 51.6 Å². The van der Waals surface area contributed by atoms with E-state index in [9.17, 15) is 0 Å². The molecule has 10 heteroatoms. The Kier molecular flexibility index (Phi) is 14.4. The molecule has 16 aromatic carbocycles. The van der Waals surface area contributed by atoms with E-state index in [-0.39, 0.29) is 13.4 Å². The zero-order valence-electron chi connectivity index (χ0n) is 57.1. The van der Waals surface area contributed by atoms with E-state index in [1.165, 1.54) is 27.4 Å². The van der Waals surface area contributed by atoms with Crippen LogP contribution >= 0.6 is 0 Å². The monoisotopic (exact) mass is 1330 g/mol. The second kappa shape index (κ2) is 24.7. The number of anilines is 9. The van der Waals surface area contributed by atoms with Crippen molar-refractivity contribution in [1.82, 2.24) is 4.57 Å². The number of aryl methyl sites for hydroxylation is 2. The van der Waals surface area contributed by atoms with Gasteiger partial charge in [0, 0.05) is 102 Å². The number of para-hydroxylation sites is 6. The van der Waals surface area contributed by atoms with Crippen LogP contribution in [-0.2, 0) is 0 Å². The predicted octanol–water partition coefficient (Wildman–Crippen LogP) is 21.3. The van der Waals surface area contributed by atoms with Crippen LogP contribution in [0.15, 0.2) is 352 Å². The highest BCUT2D eigenvalue weighted by atomic mass is 16.5. The Morgan fingerprint density at radius 2 is 0.606 bits per heavy atom. The Hall–Kier alpha value is -13.4. The van der Waals surface area contributed by atoms with Crippen molar-refractivity contribution in [2.75, 3.05) is 14.7 Å². The Labute approximate surface area is 603 Å². The number of nitrogens with zero attached hydrogens (tertiary/aromatic N) is 4. The van der Waals surface area contributed by atoms with Gasteiger partial charge in [-0.05, 0) is 179 Å². The minimum absolute atomic E-state index is 0.0880. The molecular weight excluding hydrogens is 1270 g/mol. The van der Waals surface area contributed by atoms with E-state index in [4.69, 9.17) is 18.9 Å². The highest BCUT2D eigenvalue weighted by molar-refractivity contribution is 7.00. The van der Waals surface area contributed by atoms with E-state index in [0.29, 0.717) is 0 Å². The lowest BCUT2D eigenvalue weighted by atomic mass is 9.34. The van der Waals surface area contributed by atoms with Gasteiger partial charge in [0.25, 0.3) is 13.4 Å². The molecule has 490 valence electrons. The molecule has 0 unspecified atom stereocenters. The van der Waals surface area contributed by atoms with Crippen LogP contribution in [0.2, 0.25) is 0 Å². The Morgan fingerprint density at radius 3 is 1.08 bits per heavy atom. The molecule has 0 atom stereocenters. The molecule has 0 radical (unpaired) electrons. The first kappa shape index (κ1) is 60.5. The van der Waals surface area contributed by atoms with Crippen molar-refractivity contribution in [2.45, 2.75) is 13.8 Å².